The van der Waals surface area contributed by atoms with Crippen molar-refractivity contribution in [2.75, 3.05) is 6.61 Å². The van der Waals surface area contributed by atoms with E-state index in [2.05, 4.69) is 4.98 Å². The Morgan fingerprint density at radius 2 is 1.96 bits per heavy atom. The van der Waals surface area contributed by atoms with Gasteiger partial charge in [0, 0.05) is 0 Å². The number of hydrogen-bond donors (Lipinski definition) is 0. The fourth-order valence-electron chi connectivity index (χ4n) is 2.57. The Morgan fingerprint density at radius 3 is 2.68 bits per heavy atom. The van der Waals surface area contributed by atoms with E-state index in [4.69, 9.17) is 16.3 Å². The van der Waals surface area contributed by atoms with Gasteiger partial charge in [0.2, 0.25) is 0 Å². The third-order valence-electron chi connectivity index (χ3n) is 3.64. The highest BCUT2D eigenvalue weighted by Gasteiger charge is 2.26. The van der Waals surface area contributed by atoms with E-state index in [9.17, 15) is 13.2 Å². The number of rotatable bonds is 4. The van der Waals surface area contributed by atoms with Gasteiger partial charge in [-0.25, -0.2) is 22.2 Å². The second-order valence-electron chi connectivity index (χ2n) is 5.28. The number of benzene rings is 2. The van der Waals surface area contributed by atoms with Crippen LogP contribution in [0.15, 0.2) is 47.4 Å². The van der Waals surface area contributed by atoms with E-state index in [1.54, 1.807) is 38.1 Å². The van der Waals surface area contributed by atoms with E-state index in [0.717, 1.165) is 3.97 Å². The van der Waals surface area contributed by atoms with Crippen molar-refractivity contribution in [3.8, 4) is 0 Å². The molecule has 3 aromatic rings. The van der Waals surface area contributed by atoms with Crippen LogP contribution >= 0.6 is 11.6 Å². The molecule has 0 radical (unpaired) electrons. The van der Waals surface area contributed by atoms with Crippen LogP contribution in [-0.4, -0.2) is 30.0 Å². The Kier molecular flexibility index (Phi) is 4.53. The van der Waals surface area contributed by atoms with Crippen LogP contribution in [0.5, 0.6) is 0 Å². The summed E-state index contributed by atoms with van der Waals surface area (Å²) in [6.45, 7) is 3.46. The van der Waals surface area contributed by atoms with Crippen LogP contribution in [0.25, 0.3) is 11.0 Å². The van der Waals surface area contributed by atoms with E-state index in [-0.39, 0.29) is 22.1 Å². The van der Waals surface area contributed by atoms with E-state index >= 15 is 0 Å². The van der Waals surface area contributed by atoms with E-state index in [1.807, 2.05) is 0 Å². The Hall–Kier alpha value is -2.38. The zero-order chi connectivity index (χ0) is 18.2. The number of carbonyl (C=O) groups excluding carboxylic acids is 1. The Balaban J connectivity index is 2.22. The van der Waals surface area contributed by atoms with Crippen molar-refractivity contribution < 1.29 is 17.9 Å². The zero-order valence-corrected chi connectivity index (χ0v) is 15.1. The van der Waals surface area contributed by atoms with Gasteiger partial charge in [0.05, 0.1) is 28.2 Å². The van der Waals surface area contributed by atoms with Gasteiger partial charge in [0.1, 0.15) is 10.7 Å². The van der Waals surface area contributed by atoms with Crippen molar-refractivity contribution in [3.05, 3.63) is 58.9 Å². The van der Waals surface area contributed by atoms with Crippen LogP contribution in [0.2, 0.25) is 5.02 Å². The van der Waals surface area contributed by atoms with E-state index in [0.29, 0.717) is 16.9 Å². The first-order valence-electron chi connectivity index (χ1n) is 7.52. The maximum atomic E-state index is 13.2. The predicted octanol–water partition coefficient (Wildman–Crippen LogP) is 3.41. The van der Waals surface area contributed by atoms with Crippen molar-refractivity contribution in [1.82, 2.24) is 8.96 Å². The molecule has 0 fully saturated rings. The number of esters is 1. The summed E-state index contributed by atoms with van der Waals surface area (Å²) in [6.07, 6.45) is 0. The summed E-state index contributed by atoms with van der Waals surface area (Å²) >= 11 is 6.12. The van der Waals surface area contributed by atoms with Crippen molar-refractivity contribution in [2.24, 2.45) is 0 Å². The van der Waals surface area contributed by atoms with Crippen molar-refractivity contribution in [3.63, 3.8) is 0 Å². The second-order valence-corrected chi connectivity index (χ2v) is 7.45. The van der Waals surface area contributed by atoms with Gasteiger partial charge in [-0.05, 0) is 44.2 Å². The van der Waals surface area contributed by atoms with Crippen molar-refractivity contribution in [2.45, 2.75) is 18.7 Å². The first kappa shape index (κ1) is 17.4. The maximum absolute atomic E-state index is 13.2. The Bertz CT molecular complexity index is 1070. The number of imidazole rings is 1. The van der Waals surface area contributed by atoms with Crippen LogP contribution in [0, 0.1) is 6.92 Å². The van der Waals surface area contributed by atoms with E-state index < -0.39 is 16.0 Å². The third kappa shape index (κ3) is 3.01. The molecular weight excluding hydrogens is 364 g/mol. The molecule has 0 saturated heterocycles. The predicted molar refractivity (Wildman–Crippen MR) is 94.5 cm³/mol. The molecule has 2 aromatic carbocycles. The van der Waals surface area contributed by atoms with Gasteiger partial charge in [-0.15, -0.1) is 0 Å². The van der Waals surface area contributed by atoms with Crippen LogP contribution in [0.3, 0.4) is 0 Å². The molecule has 0 spiro atoms. The summed E-state index contributed by atoms with van der Waals surface area (Å²) < 4.78 is 32.4. The smallest absolute Gasteiger partial charge is 0.338 e. The second kappa shape index (κ2) is 6.50. The number of aromatic nitrogens is 2. The summed E-state index contributed by atoms with van der Waals surface area (Å²) in [5, 5.41) is 0.0187. The zero-order valence-electron chi connectivity index (χ0n) is 13.6. The summed E-state index contributed by atoms with van der Waals surface area (Å²) in [5.41, 5.74) is 1.12. The number of aryl methyl sites for hydroxylation is 1. The first-order valence-corrected chi connectivity index (χ1v) is 9.34. The minimum absolute atomic E-state index is 0.0187. The number of hydrogen-bond acceptors (Lipinski definition) is 5. The normalized spacial score (nSPS) is 11.6. The fraction of sp³-hybridized carbons (Fsp3) is 0.176. The van der Waals surface area contributed by atoms with E-state index in [1.165, 1.54) is 18.2 Å². The van der Waals surface area contributed by atoms with Crippen molar-refractivity contribution >= 4 is 38.6 Å². The molecule has 0 N–H and O–H groups in total. The molecule has 0 bridgehead atoms. The molecular formula is C17H15ClN2O4S. The average Bonchev–Trinajstić information content (AvgIpc) is 2.91. The summed E-state index contributed by atoms with van der Waals surface area (Å²) in [4.78, 5) is 16.0. The molecule has 0 atom stereocenters. The molecule has 0 amide bonds. The lowest BCUT2D eigenvalue weighted by Crippen LogP contribution is -2.16. The summed E-state index contributed by atoms with van der Waals surface area (Å²) in [7, 11) is -4.04. The highest BCUT2D eigenvalue weighted by molar-refractivity contribution is 7.90. The lowest BCUT2D eigenvalue weighted by Gasteiger charge is -2.11. The number of fused-ring (bicyclic) bond motifs is 1. The molecule has 1 aromatic heterocycles. The van der Waals surface area contributed by atoms with Crippen molar-refractivity contribution in [1.29, 1.82) is 0 Å². The first-order chi connectivity index (χ1) is 11.9. The molecule has 0 saturated carbocycles. The highest BCUT2D eigenvalue weighted by Crippen LogP contribution is 2.28. The standard InChI is InChI=1S/C17H15ClN2O4S/c1-3-24-17(21)12-8-9-13(18)16(10-12)25(22,23)20-11(2)19-14-6-4-5-7-15(14)20/h4-10H,3H2,1-2H3. The van der Waals surface area contributed by atoms with Gasteiger partial charge in [0.25, 0.3) is 10.0 Å². The quantitative estimate of drug-likeness (QED) is 0.650. The molecule has 0 aliphatic carbocycles. The number of ether oxygens (including phenoxy) is 1. The van der Waals surface area contributed by atoms with Crippen LogP contribution < -0.4 is 0 Å². The Labute approximate surface area is 150 Å². The molecule has 0 unspecified atom stereocenters. The fourth-order valence-corrected chi connectivity index (χ4v) is 4.57. The molecule has 0 aliphatic rings. The summed E-state index contributed by atoms with van der Waals surface area (Å²) in [5.74, 6) is -0.304. The van der Waals surface area contributed by atoms with Gasteiger partial charge in [-0.1, -0.05) is 23.7 Å². The molecule has 25 heavy (non-hydrogen) atoms. The number of halogens is 1. The average molecular weight is 379 g/mol. The monoisotopic (exact) mass is 378 g/mol. The third-order valence-corrected chi connectivity index (χ3v) is 5.91. The molecule has 6 nitrogen and oxygen atoms in total. The van der Waals surface area contributed by atoms with Crippen LogP contribution in [-0.2, 0) is 14.8 Å². The lowest BCUT2D eigenvalue weighted by molar-refractivity contribution is 0.0526. The van der Waals surface area contributed by atoms with Gasteiger partial charge < -0.3 is 4.74 Å². The SMILES string of the molecule is CCOC(=O)c1ccc(Cl)c(S(=O)(=O)n2c(C)nc3ccccc32)c1. The molecule has 130 valence electrons. The van der Waals surface area contributed by atoms with Crippen LogP contribution in [0.4, 0.5) is 0 Å². The number of para-hydroxylation sites is 2. The Morgan fingerprint density at radius 1 is 1.24 bits per heavy atom. The summed E-state index contributed by atoms with van der Waals surface area (Å²) in [6, 6.07) is 10.9. The molecule has 8 heteroatoms. The maximum Gasteiger partial charge on any atom is 0.338 e. The van der Waals surface area contributed by atoms with Gasteiger partial charge in [0.15, 0.2) is 0 Å². The van der Waals surface area contributed by atoms with Gasteiger partial charge in [-0.3, -0.25) is 0 Å². The number of carbonyl (C=O) groups is 1. The number of nitrogens with zero attached hydrogens (tertiary/aromatic N) is 2. The minimum atomic E-state index is -4.04. The lowest BCUT2D eigenvalue weighted by atomic mass is 10.2. The minimum Gasteiger partial charge on any atom is -0.462 e. The van der Waals surface area contributed by atoms with Gasteiger partial charge in [-0.2, -0.15) is 0 Å². The topological polar surface area (TPSA) is 78.3 Å². The highest BCUT2D eigenvalue weighted by atomic mass is 35.5. The molecule has 1 heterocycles. The molecule has 3 rings (SSSR count). The van der Waals surface area contributed by atoms with Crippen LogP contribution in [0.1, 0.15) is 23.1 Å². The molecule has 0 aliphatic heterocycles. The van der Waals surface area contributed by atoms with Gasteiger partial charge >= 0.3 is 5.97 Å². The largest absolute Gasteiger partial charge is 0.462 e.